The minimum Gasteiger partial charge on any atom is -0.380 e. The van der Waals surface area contributed by atoms with Crippen LogP contribution in [0.4, 0.5) is 0 Å². The third kappa shape index (κ3) is 4.09. The van der Waals surface area contributed by atoms with Crippen LogP contribution in [-0.2, 0) is 4.74 Å². The summed E-state index contributed by atoms with van der Waals surface area (Å²) in [7, 11) is 0. The molecule has 0 aromatic heterocycles. The molecular weight excluding hydrogens is 188 g/mol. The number of ether oxygens (including phenoxy) is 1. The SMILES string of the molecule is NC1(CNCCOCC2CC2)CCCC1. The molecule has 3 heteroatoms. The summed E-state index contributed by atoms with van der Waals surface area (Å²) in [4.78, 5) is 0. The zero-order chi connectivity index (χ0) is 10.6. The van der Waals surface area contributed by atoms with Crippen LogP contribution in [0.3, 0.4) is 0 Å². The molecule has 0 radical (unpaired) electrons. The van der Waals surface area contributed by atoms with Gasteiger partial charge in [-0.1, -0.05) is 12.8 Å². The third-order valence-electron chi connectivity index (χ3n) is 3.55. The third-order valence-corrected chi connectivity index (χ3v) is 3.55. The fourth-order valence-corrected chi connectivity index (χ4v) is 2.27. The molecule has 0 heterocycles. The molecule has 2 aliphatic carbocycles. The van der Waals surface area contributed by atoms with Gasteiger partial charge in [0.25, 0.3) is 0 Å². The fraction of sp³-hybridized carbons (Fsp3) is 1.00. The molecule has 2 fully saturated rings. The first-order valence-corrected chi connectivity index (χ1v) is 6.36. The highest BCUT2D eigenvalue weighted by molar-refractivity contribution is 4.90. The maximum atomic E-state index is 6.23. The molecule has 0 saturated heterocycles. The Morgan fingerprint density at radius 1 is 1.27 bits per heavy atom. The van der Waals surface area contributed by atoms with Crippen LogP contribution in [0.15, 0.2) is 0 Å². The highest BCUT2D eigenvalue weighted by Crippen LogP contribution is 2.28. The molecular formula is C12H24N2O. The van der Waals surface area contributed by atoms with Crippen LogP contribution in [0.5, 0.6) is 0 Å². The topological polar surface area (TPSA) is 47.3 Å². The molecule has 0 aromatic carbocycles. The van der Waals surface area contributed by atoms with E-state index in [9.17, 15) is 0 Å². The van der Waals surface area contributed by atoms with Gasteiger partial charge in [0.15, 0.2) is 0 Å². The standard InChI is InChI=1S/C12H24N2O/c13-12(5-1-2-6-12)10-14-7-8-15-9-11-3-4-11/h11,14H,1-10,13H2. The molecule has 0 bridgehead atoms. The second-order valence-corrected chi connectivity index (χ2v) is 5.26. The molecule has 2 saturated carbocycles. The minimum atomic E-state index is 0.0799. The Labute approximate surface area is 92.7 Å². The van der Waals surface area contributed by atoms with Crippen LogP contribution in [0.25, 0.3) is 0 Å². The Bertz CT molecular complexity index is 186. The van der Waals surface area contributed by atoms with Gasteiger partial charge >= 0.3 is 0 Å². The van der Waals surface area contributed by atoms with Crippen molar-refractivity contribution in [2.45, 2.75) is 44.1 Å². The van der Waals surface area contributed by atoms with Gasteiger partial charge in [-0.25, -0.2) is 0 Å². The normalized spacial score (nSPS) is 24.6. The lowest BCUT2D eigenvalue weighted by Gasteiger charge is -2.23. The van der Waals surface area contributed by atoms with Crippen molar-refractivity contribution in [2.24, 2.45) is 11.7 Å². The second kappa shape index (κ2) is 5.28. The van der Waals surface area contributed by atoms with Gasteiger partial charge in [-0.15, -0.1) is 0 Å². The smallest absolute Gasteiger partial charge is 0.0591 e. The number of rotatable bonds is 7. The Hall–Kier alpha value is -0.120. The van der Waals surface area contributed by atoms with Gasteiger partial charge in [-0.05, 0) is 31.6 Å². The molecule has 2 aliphatic rings. The quantitative estimate of drug-likeness (QED) is 0.625. The lowest BCUT2D eigenvalue weighted by molar-refractivity contribution is 0.125. The average molecular weight is 212 g/mol. The molecule has 88 valence electrons. The van der Waals surface area contributed by atoms with Crippen LogP contribution in [0.1, 0.15) is 38.5 Å². The molecule has 3 nitrogen and oxygen atoms in total. The molecule has 2 rings (SSSR count). The van der Waals surface area contributed by atoms with E-state index < -0.39 is 0 Å². The van der Waals surface area contributed by atoms with Crippen molar-refractivity contribution >= 4 is 0 Å². The van der Waals surface area contributed by atoms with E-state index in [-0.39, 0.29) is 5.54 Å². The molecule has 15 heavy (non-hydrogen) atoms. The van der Waals surface area contributed by atoms with Gasteiger partial charge in [-0.2, -0.15) is 0 Å². The Balaban J connectivity index is 1.43. The largest absolute Gasteiger partial charge is 0.380 e. The monoisotopic (exact) mass is 212 g/mol. The lowest BCUT2D eigenvalue weighted by atomic mass is 9.99. The van der Waals surface area contributed by atoms with Crippen molar-refractivity contribution in [3.63, 3.8) is 0 Å². The fourth-order valence-electron chi connectivity index (χ4n) is 2.27. The van der Waals surface area contributed by atoms with E-state index in [1.54, 1.807) is 0 Å². The van der Waals surface area contributed by atoms with Crippen LogP contribution < -0.4 is 11.1 Å². The van der Waals surface area contributed by atoms with E-state index in [1.807, 2.05) is 0 Å². The van der Waals surface area contributed by atoms with Gasteiger partial charge in [0.2, 0.25) is 0 Å². The summed E-state index contributed by atoms with van der Waals surface area (Å²) in [6.07, 6.45) is 7.72. The number of nitrogens with two attached hydrogens (primary N) is 1. The summed E-state index contributed by atoms with van der Waals surface area (Å²) in [6, 6.07) is 0. The molecule has 0 unspecified atom stereocenters. The summed E-state index contributed by atoms with van der Waals surface area (Å²) in [5.41, 5.74) is 6.31. The summed E-state index contributed by atoms with van der Waals surface area (Å²) in [5.74, 6) is 0.876. The number of nitrogens with one attached hydrogen (secondary N) is 1. The van der Waals surface area contributed by atoms with Crippen molar-refractivity contribution in [2.75, 3.05) is 26.3 Å². The van der Waals surface area contributed by atoms with Crippen LogP contribution >= 0.6 is 0 Å². The van der Waals surface area contributed by atoms with E-state index in [0.29, 0.717) is 0 Å². The first-order valence-electron chi connectivity index (χ1n) is 6.36. The van der Waals surface area contributed by atoms with Gasteiger partial charge in [0.05, 0.1) is 6.61 Å². The molecule has 0 spiro atoms. The van der Waals surface area contributed by atoms with E-state index in [1.165, 1.54) is 38.5 Å². The Morgan fingerprint density at radius 3 is 2.67 bits per heavy atom. The predicted octanol–water partition coefficient (Wildman–Crippen LogP) is 1.27. The van der Waals surface area contributed by atoms with Gasteiger partial charge in [-0.3, -0.25) is 0 Å². The van der Waals surface area contributed by atoms with E-state index >= 15 is 0 Å². The average Bonchev–Trinajstić information content (AvgIpc) is 2.95. The maximum absolute atomic E-state index is 6.23. The maximum Gasteiger partial charge on any atom is 0.0591 e. The van der Waals surface area contributed by atoms with Crippen molar-refractivity contribution in [1.29, 1.82) is 0 Å². The first kappa shape index (κ1) is 11.4. The van der Waals surface area contributed by atoms with Gasteiger partial charge < -0.3 is 15.8 Å². The highest BCUT2D eigenvalue weighted by atomic mass is 16.5. The lowest BCUT2D eigenvalue weighted by Crippen LogP contribution is -2.47. The molecule has 0 aromatic rings. The van der Waals surface area contributed by atoms with Gasteiger partial charge in [0.1, 0.15) is 0 Å². The first-order chi connectivity index (χ1) is 7.29. The molecule has 3 N–H and O–H groups in total. The van der Waals surface area contributed by atoms with Crippen LogP contribution in [0.2, 0.25) is 0 Å². The molecule has 0 aliphatic heterocycles. The highest BCUT2D eigenvalue weighted by Gasteiger charge is 2.28. The minimum absolute atomic E-state index is 0.0799. The summed E-state index contributed by atoms with van der Waals surface area (Å²) < 4.78 is 5.55. The van der Waals surface area contributed by atoms with Crippen molar-refractivity contribution in [3.05, 3.63) is 0 Å². The molecule has 0 atom stereocenters. The zero-order valence-electron chi connectivity index (χ0n) is 9.63. The summed E-state index contributed by atoms with van der Waals surface area (Å²) in [6.45, 7) is 3.72. The van der Waals surface area contributed by atoms with Crippen molar-refractivity contribution in [1.82, 2.24) is 5.32 Å². The second-order valence-electron chi connectivity index (χ2n) is 5.26. The predicted molar refractivity (Wildman–Crippen MR) is 61.8 cm³/mol. The van der Waals surface area contributed by atoms with E-state index in [4.69, 9.17) is 10.5 Å². The Morgan fingerprint density at radius 2 is 2.00 bits per heavy atom. The van der Waals surface area contributed by atoms with E-state index in [0.717, 1.165) is 32.2 Å². The summed E-state index contributed by atoms with van der Waals surface area (Å²) in [5, 5.41) is 3.41. The van der Waals surface area contributed by atoms with Gasteiger partial charge in [0, 0.05) is 25.2 Å². The number of hydrogen-bond donors (Lipinski definition) is 2. The molecule has 0 amide bonds. The van der Waals surface area contributed by atoms with E-state index in [2.05, 4.69) is 5.32 Å². The van der Waals surface area contributed by atoms with Crippen LogP contribution in [0, 0.1) is 5.92 Å². The zero-order valence-corrected chi connectivity index (χ0v) is 9.63. The number of hydrogen-bond acceptors (Lipinski definition) is 3. The van der Waals surface area contributed by atoms with Crippen molar-refractivity contribution < 1.29 is 4.74 Å². The van der Waals surface area contributed by atoms with Crippen LogP contribution in [-0.4, -0.2) is 31.8 Å². The van der Waals surface area contributed by atoms with Crippen molar-refractivity contribution in [3.8, 4) is 0 Å². The summed E-state index contributed by atoms with van der Waals surface area (Å²) >= 11 is 0. The Kier molecular flexibility index (Phi) is 4.00.